The summed E-state index contributed by atoms with van der Waals surface area (Å²) in [7, 11) is 2.18. The first kappa shape index (κ1) is 18.5. The molecular weight excluding hydrogens is 367 g/mol. The number of fused-ring (bicyclic) bond motifs is 1. The molecule has 1 unspecified atom stereocenters. The van der Waals surface area contributed by atoms with E-state index in [-0.39, 0.29) is 11.9 Å². The molecule has 2 saturated heterocycles. The molecule has 7 heteroatoms. The van der Waals surface area contributed by atoms with Crippen molar-refractivity contribution in [2.24, 2.45) is 0 Å². The fourth-order valence-electron chi connectivity index (χ4n) is 4.62. The fourth-order valence-corrected chi connectivity index (χ4v) is 4.62. The molecule has 152 valence electrons. The molecule has 3 aromatic heterocycles. The summed E-state index contributed by atoms with van der Waals surface area (Å²) < 4.78 is 15.5. The number of hydrogen-bond acceptors (Lipinski definition) is 5. The Morgan fingerprint density at radius 3 is 2.72 bits per heavy atom. The van der Waals surface area contributed by atoms with Crippen molar-refractivity contribution in [1.82, 2.24) is 24.2 Å². The maximum atomic E-state index is 13.3. The van der Waals surface area contributed by atoms with Crippen LogP contribution >= 0.6 is 0 Å². The van der Waals surface area contributed by atoms with Gasteiger partial charge in [0.1, 0.15) is 17.3 Å². The third-order valence-electron chi connectivity index (χ3n) is 6.19. The zero-order chi connectivity index (χ0) is 19.8. The van der Waals surface area contributed by atoms with Gasteiger partial charge in [0.05, 0.1) is 23.6 Å². The lowest BCUT2D eigenvalue weighted by molar-refractivity contribution is 0.241. The van der Waals surface area contributed by atoms with E-state index in [2.05, 4.69) is 49.5 Å². The van der Waals surface area contributed by atoms with E-state index in [9.17, 15) is 4.39 Å². The van der Waals surface area contributed by atoms with Crippen molar-refractivity contribution < 1.29 is 4.39 Å². The number of likely N-dealkylation sites (N-methyl/N-ethyl adjacent to an activating group) is 1. The average molecular weight is 394 g/mol. The molecule has 0 spiro atoms. The Kier molecular flexibility index (Phi) is 4.93. The van der Waals surface area contributed by atoms with E-state index in [1.54, 1.807) is 0 Å². The molecule has 0 radical (unpaired) electrons. The van der Waals surface area contributed by atoms with E-state index in [0.29, 0.717) is 0 Å². The van der Waals surface area contributed by atoms with Gasteiger partial charge < -0.3 is 9.80 Å². The lowest BCUT2D eigenvalue weighted by Gasteiger charge is -2.34. The summed E-state index contributed by atoms with van der Waals surface area (Å²) >= 11 is 0. The van der Waals surface area contributed by atoms with Crippen LogP contribution in [0.15, 0.2) is 42.7 Å². The highest BCUT2D eigenvalue weighted by Crippen LogP contribution is 2.34. The van der Waals surface area contributed by atoms with E-state index >= 15 is 0 Å². The van der Waals surface area contributed by atoms with Gasteiger partial charge in [-0.25, -0.2) is 9.37 Å². The standard InChI is InChI=1S/C22H27FN6/c1-26-11-13-27(14-12-26)22-19(25-21-6-2-3-10-29(21)22)16-28-9-4-5-20(28)18-8-7-17(23)15-24-18/h2-3,6-8,10,15,20H,4-5,9,11-14,16H2,1H3. The first-order chi connectivity index (χ1) is 14.2. The minimum Gasteiger partial charge on any atom is -0.354 e. The molecule has 29 heavy (non-hydrogen) atoms. The van der Waals surface area contributed by atoms with Crippen molar-refractivity contribution in [3.63, 3.8) is 0 Å². The van der Waals surface area contributed by atoms with Crippen LogP contribution in [0.4, 0.5) is 10.2 Å². The Bertz CT molecular complexity index is 977. The van der Waals surface area contributed by atoms with Gasteiger partial charge in [-0.15, -0.1) is 0 Å². The van der Waals surface area contributed by atoms with Crippen LogP contribution in [0.2, 0.25) is 0 Å². The predicted octanol–water partition coefficient (Wildman–Crippen LogP) is 2.96. The van der Waals surface area contributed by atoms with E-state index in [0.717, 1.165) is 69.1 Å². The second-order valence-corrected chi connectivity index (χ2v) is 8.13. The van der Waals surface area contributed by atoms with E-state index in [4.69, 9.17) is 4.98 Å². The number of pyridine rings is 2. The van der Waals surface area contributed by atoms with Gasteiger partial charge in [-0.2, -0.15) is 0 Å². The number of likely N-dealkylation sites (tertiary alicyclic amines) is 1. The van der Waals surface area contributed by atoms with Gasteiger partial charge in [0.15, 0.2) is 0 Å². The third-order valence-corrected chi connectivity index (χ3v) is 6.19. The van der Waals surface area contributed by atoms with Gasteiger partial charge in [-0.05, 0) is 50.7 Å². The molecule has 0 bridgehead atoms. The summed E-state index contributed by atoms with van der Waals surface area (Å²) in [6, 6.07) is 9.75. The van der Waals surface area contributed by atoms with Crippen LogP contribution in [-0.4, -0.2) is 63.9 Å². The smallest absolute Gasteiger partial charge is 0.141 e. The summed E-state index contributed by atoms with van der Waals surface area (Å²) in [5.74, 6) is 0.933. The topological polar surface area (TPSA) is 39.9 Å². The van der Waals surface area contributed by atoms with Crippen molar-refractivity contribution in [2.45, 2.75) is 25.4 Å². The number of halogens is 1. The maximum Gasteiger partial charge on any atom is 0.141 e. The molecule has 2 aliphatic heterocycles. The van der Waals surface area contributed by atoms with Crippen molar-refractivity contribution in [3.05, 3.63) is 59.9 Å². The predicted molar refractivity (Wildman–Crippen MR) is 111 cm³/mol. The number of aromatic nitrogens is 3. The molecule has 0 amide bonds. The lowest BCUT2D eigenvalue weighted by Crippen LogP contribution is -2.45. The number of rotatable bonds is 4. The average Bonchev–Trinajstić information content (AvgIpc) is 3.34. The Labute approximate surface area is 170 Å². The molecule has 5 heterocycles. The van der Waals surface area contributed by atoms with E-state index in [1.807, 2.05) is 12.1 Å². The number of nitrogens with zero attached hydrogens (tertiary/aromatic N) is 6. The highest BCUT2D eigenvalue weighted by atomic mass is 19.1. The normalized spacial score (nSPS) is 21.3. The summed E-state index contributed by atoms with van der Waals surface area (Å²) in [6.07, 6.45) is 5.62. The Morgan fingerprint density at radius 2 is 1.93 bits per heavy atom. The van der Waals surface area contributed by atoms with Gasteiger partial charge >= 0.3 is 0 Å². The highest BCUT2D eigenvalue weighted by Gasteiger charge is 2.30. The largest absolute Gasteiger partial charge is 0.354 e. The van der Waals surface area contributed by atoms with Crippen LogP contribution in [0.25, 0.3) is 5.65 Å². The van der Waals surface area contributed by atoms with Crippen LogP contribution in [0.5, 0.6) is 0 Å². The zero-order valence-electron chi connectivity index (χ0n) is 16.8. The number of anilines is 1. The Balaban J connectivity index is 1.46. The molecule has 0 N–H and O–H groups in total. The molecule has 1 atom stereocenters. The molecule has 0 saturated carbocycles. The SMILES string of the molecule is CN1CCN(c2c(CN3CCCC3c3ccc(F)cn3)nc3ccccn23)CC1. The van der Waals surface area contributed by atoms with Crippen molar-refractivity contribution in [2.75, 3.05) is 44.7 Å². The van der Waals surface area contributed by atoms with E-state index in [1.165, 1.54) is 18.1 Å². The third kappa shape index (κ3) is 3.60. The fraction of sp³-hybridized carbons (Fsp3) is 0.455. The summed E-state index contributed by atoms with van der Waals surface area (Å²) in [5, 5.41) is 0. The number of imidazole rings is 1. The monoisotopic (exact) mass is 394 g/mol. The molecule has 0 aliphatic carbocycles. The highest BCUT2D eigenvalue weighted by molar-refractivity contribution is 5.57. The molecule has 2 aliphatic rings. The molecule has 3 aromatic rings. The minimum atomic E-state index is -0.281. The number of piperazine rings is 1. The van der Waals surface area contributed by atoms with E-state index < -0.39 is 0 Å². The summed E-state index contributed by atoms with van der Waals surface area (Å²) in [5.41, 5.74) is 3.07. The van der Waals surface area contributed by atoms with Gasteiger partial charge in [-0.1, -0.05) is 6.07 Å². The van der Waals surface area contributed by atoms with Crippen molar-refractivity contribution in [3.8, 4) is 0 Å². The van der Waals surface area contributed by atoms with Crippen LogP contribution in [-0.2, 0) is 6.54 Å². The first-order valence-electron chi connectivity index (χ1n) is 10.4. The summed E-state index contributed by atoms with van der Waals surface area (Å²) in [6.45, 7) is 5.94. The second kappa shape index (κ2) is 7.72. The molecular formula is C22H27FN6. The maximum absolute atomic E-state index is 13.3. The quantitative estimate of drug-likeness (QED) is 0.680. The van der Waals surface area contributed by atoms with Crippen molar-refractivity contribution in [1.29, 1.82) is 0 Å². The lowest BCUT2D eigenvalue weighted by atomic mass is 10.1. The molecule has 0 aromatic carbocycles. The van der Waals surface area contributed by atoms with Crippen LogP contribution in [0, 0.1) is 5.82 Å². The van der Waals surface area contributed by atoms with Crippen LogP contribution in [0.1, 0.15) is 30.3 Å². The van der Waals surface area contributed by atoms with Gasteiger partial charge in [-0.3, -0.25) is 14.3 Å². The van der Waals surface area contributed by atoms with Gasteiger partial charge in [0, 0.05) is 38.9 Å². The van der Waals surface area contributed by atoms with Gasteiger partial charge in [0.25, 0.3) is 0 Å². The Morgan fingerprint density at radius 1 is 1.07 bits per heavy atom. The Hall–Kier alpha value is -2.51. The second-order valence-electron chi connectivity index (χ2n) is 8.13. The van der Waals surface area contributed by atoms with Gasteiger partial charge in [0.2, 0.25) is 0 Å². The zero-order valence-corrected chi connectivity index (χ0v) is 16.8. The number of hydrogen-bond donors (Lipinski definition) is 0. The first-order valence-corrected chi connectivity index (χ1v) is 10.4. The van der Waals surface area contributed by atoms with Crippen LogP contribution in [0.3, 0.4) is 0 Å². The van der Waals surface area contributed by atoms with Crippen LogP contribution < -0.4 is 4.90 Å². The summed E-state index contributed by atoms with van der Waals surface area (Å²) in [4.78, 5) is 16.6. The van der Waals surface area contributed by atoms with Crippen molar-refractivity contribution >= 4 is 11.5 Å². The molecule has 6 nitrogen and oxygen atoms in total. The molecule has 2 fully saturated rings. The molecule has 5 rings (SSSR count). The minimum absolute atomic E-state index is 0.223.